The zero-order valence-corrected chi connectivity index (χ0v) is 21.3. The lowest BCUT2D eigenvalue weighted by atomic mass is 10.0. The first-order chi connectivity index (χ1) is 19.5. The van der Waals surface area contributed by atoms with E-state index in [0.717, 1.165) is 0 Å². The number of hydrogen-bond donors (Lipinski definition) is 2. The van der Waals surface area contributed by atoms with E-state index < -0.39 is 5.82 Å². The summed E-state index contributed by atoms with van der Waals surface area (Å²) in [7, 11) is 0. The molecule has 2 N–H and O–H groups in total. The Bertz CT molecular complexity index is 1850. The van der Waals surface area contributed by atoms with Crippen LogP contribution in [-0.2, 0) is 4.79 Å². The van der Waals surface area contributed by atoms with Gasteiger partial charge in [-0.05, 0) is 30.7 Å². The summed E-state index contributed by atoms with van der Waals surface area (Å²) in [5.41, 5.74) is 4.02. The van der Waals surface area contributed by atoms with Crippen LogP contribution in [0.5, 0.6) is 0 Å². The molecular formula is C29H22F2N8O. The van der Waals surface area contributed by atoms with Crippen molar-refractivity contribution in [3.63, 3.8) is 0 Å². The molecule has 6 heterocycles. The normalized spacial score (nSPS) is 15.4. The zero-order valence-electron chi connectivity index (χ0n) is 21.3. The van der Waals surface area contributed by atoms with Gasteiger partial charge in [0.25, 0.3) is 0 Å². The highest BCUT2D eigenvalue weighted by Gasteiger charge is 2.44. The van der Waals surface area contributed by atoms with Gasteiger partial charge in [0.1, 0.15) is 34.8 Å². The molecule has 4 aromatic heterocycles. The first-order valence-electron chi connectivity index (χ1n) is 12.9. The van der Waals surface area contributed by atoms with Gasteiger partial charge in [0.2, 0.25) is 5.91 Å². The second-order valence-electron chi connectivity index (χ2n) is 9.71. The largest absolute Gasteiger partial charge is 0.337 e. The predicted molar refractivity (Wildman–Crippen MR) is 147 cm³/mol. The maximum atomic E-state index is 16.4. The molecule has 2 aliphatic rings. The van der Waals surface area contributed by atoms with Gasteiger partial charge in [-0.15, -0.1) is 0 Å². The van der Waals surface area contributed by atoms with Crippen LogP contribution >= 0.6 is 0 Å². The van der Waals surface area contributed by atoms with Crippen molar-refractivity contribution in [2.45, 2.75) is 25.9 Å². The Balaban J connectivity index is 1.32. The van der Waals surface area contributed by atoms with Gasteiger partial charge < -0.3 is 15.2 Å². The third-order valence-corrected chi connectivity index (χ3v) is 6.90. The monoisotopic (exact) mass is 536 g/mol. The number of nitrogens with one attached hydrogen (secondary N) is 2. The van der Waals surface area contributed by atoms with Gasteiger partial charge in [-0.2, -0.15) is 0 Å². The van der Waals surface area contributed by atoms with Crippen LogP contribution in [0.15, 0.2) is 66.2 Å². The third kappa shape index (κ3) is 4.06. The summed E-state index contributed by atoms with van der Waals surface area (Å²) in [5.74, 6) is -0.178. The molecule has 5 aromatic rings. The number of anilines is 2. The van der Waals surface area contributed by atoms with E-state index in [-0.39, 0.29) is 29.0 Å². The van der Waals surface area contributed by atoms with Crippen LogP contribution in [0.25, 0.3) is 33.4 Å². The van der Waals surface area contributed by atoms with Crippen molar-refractivity contribution < 1.29 is 13.6 Å². The number of fused-ring (bicyclic) bond motifs is 4. The van der Waals surface area contributed by atoms with Crippen molar-refractivity contribution in [1.82, 2.24) is 24.9 Å². The van der Waals surface area contributed by atoms with Crippen LogP contribution in [0.4, 0.5) is 20.3 Å². The van der Waals surface area contributed by atoms with E-state index in [4.69, 9.17) is 9.98 Å². The van der Waals surface area contributed by atoms with E-state index in [9.17, 15) is 9.18 Å². The average Bonchev–Trinajstić information content (AvgIpc) is 3.61. The summed E-state index contributed by atoms with van der Waals surface area (Å²) < 4.78 is 30.3. The number of hydrogen-bond acceptors (Lipinski definition) is 7. The molecule has 1 unspecified atom stereocenters. The number of aliphatic imine (C=N–C) groups is 1. The number of carbonyl (C=O) groups excluding carboxylic acids is 1. The van der Waals surface area contributed by atoms with E-state index in [0.29, 0.717) is 70.3 Å². The molecule has 0 radical (unpaired) electrons. The molecule has 1 aromatic carbocycles. The third-order valence-electron chi connectivity index (χ3n) is 6.90. The second-order valence-corrected chi connectivity index (χ2v) is 9.71. The number of nitrogens with zero attached hydrogens (tertiary/aromatic N) is 6. The molecule has 1 saturated heterocycles. The molecular weight excluding hydrogens is 514 g/mol. The quantitative estimate of drug-likeness (QED) is 0.292. The predicted octanol–water partition coefficient (Wildman–Crippen LogP) is 5.10. The lowest BCUT2D eigenvalue weighted by Crippen LogP contribution is -2.20. The number of pyridine rings is 3. The minimum atomic E-state index is -0.517. The summed E-state index contributed by atoms with van der Waals surface area (Å²) in [6.45, 7) is 2.54. The number of aromatic nitrogens is 5. The molecule has 40 heavy (non-hydrogen) atoms. The van der Waals surface area contributed by atoms with Gasteiger partial charge in [0.05, 0.1) is 35.2 Å². The Labute approximate surface area is 227 Å². The highest BCUT2D eigenvalue weighted by molar-refractivity contribution is 6.17. The van der Waals surface area contributed by atoms with Crippen molar-refractivity contribution in [3.05, 3.63) is 84.2 Å². The smallest absolute Gasteiger partial charge is 0.224 e. The van der Waals surface area contributed by atoms with Crippen molar-refractivity contribution >= 4 is 34.2 Å². The molecule has 1 amide bonds. The molecule has 1 atom stereocenters. The summed E-state index contributed by atoms with van der Waals surface area (Å²) >= 11 is 0. The van der Waals surface area contributed by atoms with Crippen LogP contribution in [0.2, 0.25) is 0 Å². The highest BCUT2D eigenvalue weighted by Crippen LogP contribution is 2.40. The first kappa shape index (κ1) is 24.0. The van der Waals surface area contributed by atoms with Crippen LogP contribution in [0, 0.1) is 11.6 Å². The van der Waals surface area contributed by atoms with Gasteiger partial charge in [-0.3, -0.25) is 19.8 Å². The van der Waals surface area contributed by atoms with Gasteiger partial charge in [0, 0.05) is 41.7 Å². The van der Waals surface area contributed by atoms with Crippen LogP contribution in [-0.4, -0.2) is 49.2 Å². The fourth-order valence-corrected chi connectivity index (χ4v) is 4.97. The van der Waals surface area contributed by atoms with E-state index >= 15 is 4.39 Å². The Morgan fingerprint density at radius 2 is 2.02 bits per heavy atom. The lowest BCUT2D eigenvalue weighted by Gasteiger charge is -2.18. The van der Waals surface area contributed by atoms with E-state index in [2.05, 4.69) is 25.3 Å². The maximum Gasteiger partial charge on any atom is 0.224 e. The molecule has 0 aliphatic carbocycles. The fourth-order valence-electron chi connectivity index (χ4n) is 4.97. The molecule has 7 rings (SSSR count). The van der Waals surface area contributed by atoms with Gasteiger partial charge >= 0.3 is 0 Å². The summed E-state index contributed by atoms with van der Waals surface area (Å²) in [6, 6.07) is 9.57. The molecule has 2 aliphatic heterocycles. The Morgan fingerprint density at radius 1 is 1.12 bits per heavy atom. The lowest BCUT2D eigenvalue weighted by molar-refractivity contribution is -0.116. The second kappa shape index (κ2) is 9.30. The molecule has 11 heteroatoms. The summed E-state index contributed by atoms with van der Waals surface area (Å²) in [6.07, 6.45) is 7.09. The van der Waals surface area contributed by atoms with Gasteiger partial charge in [0.15, 0.2) is 5.82 Å². The summed E-state index contributed by atoms with van der Waals surface area (Å²) in [4.78, 5) is 40.0. The number of rotatable bonds is 6. The number of carbonyl (C=O) groups is 1. The van der Waals surface area contributed by atoms with Crippen molar-refractivity contribution in [2.75, 3.05) is 16.8 Å². The van der Waals surface area contributed by atoms with Crippen LogP contribution in [0.1, 0.15) is 31.2 Å². The molecule has 0 spiro atoms. The Kier molecular flexibility index (Phi) is 5.58. The van der Waals surface area contributed by atoms with Crippen LogP contribution in [0.3, 0.4) is 0 Å². The zero-order chi connectivity index (χ0) is 27.4. The number of H-pyrrole nitrogens is 1. The molecule has 0 saturated carbocycles. The Hall–Kier alpha value is -5.06. The van der Waals surface area contributed by atoms with Gasteiger partial charge in [-0.25, -0.2) is 18.7 Å². The number of benzene rings is 1. The average molecular weight is 537 g/mol. The van der Waals surface area contributed by atoms with E-state index in [1.54, 1.807) is 30.5 Å². The molecule has 1 fully saturated rings. The molecule has 198 valence electrons. The standard InChI is InChI=1S/C29H22F2N8O/c1-2-4-22(40)35-18-10-16(11-32-12-18)19-13-34-29-23(24(19)31)27(37-21-14-39(21)29)28-36-20-7-8-33-25(26(20)38-28)15-5-3-6-17(30)9-15/h3,5-13,21H,2,4,14H2,1H3,(H,35,40)(H,36,38). The van der Waals surface area contributed by atoms with E-state index in [1.807, 2.05) is 11.8 Å². The highest BCUT2D eigenvalue weighted by atomic mass is 19.1. The van der Waals surface area contributed by atoms with Crippen LogP contribution < -0.4 is 10.2 Å². The topological polar surface area (TPSA) is 112 Å². The van der Waals surface area contributed by atoms with E-state index in [1.165, 1.54) is 30.7 Å². The maximum absolute atomic E-state index is 16.4. The number of halogens is 2. The molecule has 9 nitrogen and oxygen atoms in total. The Morgan fingerprint density at radius 3 is 2.88 bits per heavy atom. The number of aromatic amines is 1. The number of imidazole rings is 1. The fraction of sp³-hybridized carbons (Fsp3) is 0.172. The van der Waals surface area contributed by atoms with Crippen molar-refractivity contribution in [3.8, 4) is 22.4 Å². The minimum Gasteiger partial charge on any atom is -0.337 e. The minimum absolute atomic E-state index is 0.135. The van der Waals surface area contributed by atoms with Gasteiger partial charge in [-0.1, -0.05) is 19.1 Å². The number of amides is 1. The van der Waals surface area contributed by atoms with Crippen molar-refractivity contribution in [1.29, 1.82) is 0 Å². The van der Waals surface area contributed by atoms with Crippen molar-refractivity contribution in [2.24, 2.45) is 4.99 Å². The summed E-state index contributed by atoms with van der Waals surface area (Å²) in [5, 5.41) is 2.80. The first-order valence-corrected chi connectivity index (χ1v) is 12.9. The SMILES string of the molecule is CCCC(=O)Nc1cncc(-c2cnc3c(c2F)C(c2nc4c(-c5cccc(F)c5)nccc4[nH]2)=NC2CN32)c1. The molecule has 0 bridgehead atoms.